The molecule has 1 unspecified atom stereocenters. The molecule has 1 fully saturated rings. The lowest BCUT2D eigenvalue weighted by Gasteiger charge is -2.40. The van der Waals surface area contributed by atoms with E-state index >= 15 is 0 Å². The minimum absolute atomic E-state index is 0.144. The topological polar surface area (TPSA) is 122 Å². The minimum atomic E-state index is -1.38. The van der Waals surface area contributed by atoms with Crippen molar-refractivity contribution in [3.05, 3.63) is 0 Å². The Bertz CT molecular complexity index is 190. The van der Waals surface area contributed by atoms with Crippen molar-refractivity contribution < 1.29 is 30.3 Å². The summed E-state index contributed by atoms with van der Waals surface area (Å²) in [7, 11) is 0. The van der Waals surface area contributed by atoms with E-state index in [1.165, 1.54) is 0 Å². The first-order chi connectivity index (χ1) is 7.11. The predicted molar refractivity (Wildman–Crippen MR) is 48.9 cm³/mol. The summed E-state index contributed by atoms with van der Waals surface area (Å²) in [6.45, 7) is -0.417. The molecule has 1 aliphatic rings. The van der Waals surface area contributed by atoms with Gasteiger partial charge in [-0.1, -0.05) is 0 Å². The molecule has 90 valence electrons. The first kappa shape index (κ1) is 12.8. The van der Waals surface area contributed by atoms with Crippen LogP contribution in [0.1, 0.15) is 0 Å². The standard InChI is InChI=1S/C8H17NO6/c10-2-1-9-8-7(14)6(13)5(12)4(3-11)15-8/h4-14H,1-3H2/t4-,5-,6+,7-,8?/m1/s1. The predicted octanol–water partition coefficient (Wildman–Crippen LogP) is -3.63. The van der Waals surface area contributed by atoms with Gasteiger partial charge in [-0.05, 0) is 0 Å². The summed E-state index contributed by atoms with van der Waals surface area (Å²) in [5.41, 5.74) is 0. The molecule has 0 aliphatic carbocycles. The highest BCUT2D eigenvalue weighted by atomic mass is 16.6. The molecule has 0 saturated carbocycles. The normalized spacial score (nSPS) is 41.8. The summed E-state index contributed by atoms with van der Waals surface area (Å²) in [6.07, 6.45) is -5.86. The fraction of sp³-hybridized carbons (Fsp3) is 1.00. The number of hydrogen-bond acceptors (Lipinski definition) is 7. The van der Waals surface area contributed by atoms with E-state index in [4.69, 9.17) is 14.9 Å². The molecule has 1 aliphatic heterocycles. The molecule has 6 N–H and O–H groups in total. The summed E-state index contributed by atoms with van der Waals surface area (Å²) >= 11 is 0. The lowest BCUT2D eigenvalue weighted by atomic mass is 9.98. The van der Waals surface area contributed by atoms with E-state index in [1.807, 2.05) is 0 Å². The van der Waals surface area contributed by atoms with E-state index in [0.29, 0.717) is 0 Å². The summed E-state index contributed by atoms with van der Waals surface area (Å²) < 4.78 is 5.10. The van der Waals surface area contributed by atoms with Gasteiger partial charge in [0.1, 0.15) is 30.6 Å². The molecular weight excluding hydrogens is 206 g/mol. The average molecular weight is 223 g/mol. The van der Waals surface area contributed by atoms with Crippen molar-refractivity contribution in [3.8, 4) is 0 Å². The lowest BCUT2D eigenvalue weighted by molar-refractivity contribution is -0.236. The molecule has 0 radical (unpaired) electrons. The monoisotopic (exact) mass is 223 g/mol. The van der Waals surface area contributed by atoms with Gasteiger partial charge in [0.2, 0.25) is 0 Å². The molecule has 5 atom stereocenters. The van der Waals surface area contributed by atoms with E-state index in [2.05, 4.69) is 5.32 Å². The van der Waals surface area contributed by atoms with Crippen LogP contribution in [0.25, 0.3) is 0 Å². The van der Waals surface area contributed by atoms with Crippen LogP contribution >= 0.6 is 0 Å². The molecule has 7 nitrogen and oxygen atoms in total. The Kier molecular flexibility index (Phi) is 4.87. The van der Waals surface area contributed by atoms with Crippen LogP contribution in [0.2, 0.25) is 0 Å². The fourth-order valence-corrected chi connectivity index (χ4v) is 1.48. The zero-order valence-corrected chi connectivity index (χ0v) is 8.15. The zero-order valence-electron chi connectivity index (χ0n) is 8.15. The van der Waals surface area contributed by atoms with E-state index in [1.54, 1.807) is 0 Å². The molecule has 0 aromatic heterocycles. The van der Waals surface area contributed by atoms with Gasteiger partial charge in [-0.25, -0.2) is 0 Å². The van der Waals surface area contributed by atoms with Gasteiger partial charge in [0.25, 0.3) is 0 Å². The van der Waals surface area contributed by atoms with Crippen LogP contribution in [0.4, 0.5) is 0 Å². The highest BCUT2D eigenvalue weighted by Gasteiger charge is 2.42. The average Bonchev–Trinajstić information content (AvgIpc) is 2.25. The third kappa shape index (κ3) is 2.85. The van der Waals surface area contributed by atoms with Gasteiger partial charge in [-0.15, -0.1) is 0 Å². The van der Waals surface area contributed by atoms with Crippen molar-refractivity contribution in [1.29, 1.82) is 0 Å². The Labute approximate surface area is 86.9 Å². The second-order valence-corrected chi connectivity index (χ2v) is 3.43. The van der Waals surface area contributed by atoms with Crippen molar-refractivity contribution in [3.63, 3.8) is 0 Å². The molecule has 1 rings (SSSR count). The van der Waals surface area contributed by atoms with E-state index in [9.17, 15) is 15.3 Å². The van der Waals surface area contributed by atoms with Gasteiger partial charge < -0.3 is 30.3 Å². The largest absolute Gasteiger partial charge is 0.395 e. The van der Waals surface area contributed by atoms with Crippen LogP contribution in [0.5, 0.6) is 0 Å². The Balaban J connectivity index is 2.57. The van der Waals surface area contributed by atoms with Gasteiger partial charge in [-0.3, -0.25) is 5.32 Å². The Hall–Kier alpha value is -0.280. The number of hydrogen-bond donors (Lipinski definition) is 6. The van der Waals surface area contributed by atoms with Crippen molar-refractivity contribution in [2.24, 2.45) is 0 Å². The third-order valence-corrected chi connectivity index (χ3v) is 2.35. The van der Waals surface area contributed by atoms with Crippen molar-refractivity contribution in [1.82, 2.24) is 5.32 Å². The smallest absolute Gasteiger partial charge is 0.137 e. The van der Waals surface area contributed by atoms with E-state index in [0.717, 1.165) is 0 Å². The summed E-state index contributed by atoms with van der Waals surface area (Å²) in [5.74, 6) is 0. The second-order valence-electron chi connectivity index (χ2n) is 3.43. The molecule has 0 aromatic rings. The first-order valence-corrected chi connectivity index (χ1v) is 4.76. The molecule has 0 amide bonds. The maximum Gasteiger partial charge on any atom is 0.137 e. The van der Waals surface area contributed by atoms with Crippen molar-refractivity contribution in [2.45, 2.75) is 30.6 Å². The van der Waals surface area contributed by atoms with E-state index < -0.39 is 37.3 Å². The number of ether oxygens (including phenoxy) is 1. The van der Waals surface area contributed by atoms with Crippen LogP contribution in [-0.2, 0) is 4.74 Å². The second kappa shape index (κ2) is 5.71. The first-order valence-electron chi connectivity index (χ1n) is 4.76. The lowest BCUT2D eigenvalue weighted by Crippen LogP contribution is -2.62. The number of aliphatic hydroxyl groups excluding tert-OH is 5. The summed E-state index contributed by atoms with van der Waals surface area (Å²) in [4.78, 5) is 0. The molecule has 0 aromatic carbocycles. The summed E-state index contributed by atoms with van der Waals surface area (Å²) in [6, 6.07) is 0. The van der Waals surface area contributed by atoms with Crippen molar-refractivity contribution >= 4 is 0 Å². The highest BCUT2D eigenvalue weighted by Crippen LogP contribution is 2.19. The molecular formula is C8H17NO6. The number of rotatable bonds is 4. The fourth-order valence-electron chi connectivity index (χ4n) is 1.48. The Morgan fingerprint density at radius 2 is 1.67 bits per heavy atom. The van der Waals surface area contributed by atoms with Gasteiger partial charge in [-0.2, -0.15) is 0 Å². The van der Waals surface area contributed by atoms with Crippen LogP contribution in [0.3, 0.4) is 0 Å². The molecule has 15 heavy (non-hydrogen) atoms. The Morgan fingerprint density at radius 1 is 1.00 bits per heavy atom. The maximum atomic E-state index is 9.49. The zero-order chi connectivity index (χ0) is 11.4. The molecule has 0 spiro atoms. The summed E-state index contributed by atoms with van der Waals surface area (Å²) in [5, 5.41) is 48.3. The quantitative estimate of drug-likeness (QED) is 0.291. The number of aliphatic hydroxyl groups is 5. The van der Waals surface area contributed by atoms with Gasteiger partial charge in [0.15, 0.2) is 0 Å². The number of nitrogens with one attached hydrogen (secondary N) is 1. The SMILES string of the molecule is OCCNC1O[C@H](CO)[C@@H](O)[C@H](O)[C@H]1O. The molecule has 0 bridgehead atoms. The van der Waals surface area contributed by atoms with Crippen LogP contribution in [0.15, 0.2) is 0 Å². The van der Waals surface area contributed by atoms with Gasteiger partial charge >= 0.3 is 0 Å². The Morgan fingerprint density at radius 3 is 2.20 bits per heavy atom. The van der Waals surface area contributed by atoms with Crippen molar-refractivity contribution in [2.75, 3.05) is 19.8 Å². The molecule has 1 saturated heterocycles. The maximum absolute atomic E-state index is 9.49. The van der Waals surface area contributed by atoms with Gasteiger partial charge in [0.05, 0.1) is 13.2 Å². The van der Waals surface area contributed by atoms with Crippen LogP contribution in [-0.4, -0.2) is 75.9 Å². The van der Waals surface area contributed by atoms with Gasteiger partial charge in [0, 0.05) is 6.54 Å². The molecule has 7 heteroatoms. The van der Waals surface area contributed by atoms with Crippen LogP contribution < -0.4 is 5.32 Å². The highest BCUT2D eigenvalue weighted by molar-refractivity contribution is 4.90. The minimum Gasteiger partial charge on any atom is -0.395 e. The van der Waals surface area contributed by atoms with E-state index in [-0.39, 0.29) is 13.2 Å². The molecule has 1 heterocycles. The third-order valence-electron chi connectivity index (χ3n) is 2.35. The van der Waals surface area contributed by atoms with Crippen LogP contribution in [0, 0.1) is 0 Å².